The van der Waals surface area contributed by atoms with E-state index in [-0.39, 0.29) is 5.91 Å². The van der Waals surface area contributed by atoms with Crippen LogP contribution in [-0.2, 0) is 4.79 Å². The SMILES string of the molecule is CC(Cl)C(=O)Nc1nccs1. The van der Waals surface area contributed by atoms with Crippen molar-refractivity contribution in [2.45, 2.75) is 12.3 Å². The molecule has 1 aromatic heterocycles. The summed E-state index contributed by atoms with van der Waals surface area (Å²) in [6, 6.07) is 0. The standard InChI is InChI=1S/C6H7ClN2OS/c1-4(7)5(10)9-6-8-2-3-11-6/h2-4H,1H3,(H,8,9,10). The van der Waals surface area contributed by atoms with Crippen LogP contribution in [0.25, 0.3) is 0 Å². The molecule has 5 heteroatoms. The third kappa shape index (κ3) is 2.48. The summed E-state index contributed by atoms with van der Waals surface area (Å²) in [5, 5.41) is 4.41. The first-order valence-corrected chi connectivity index (χ1v) is 4.36. The molecule has 11 heavy (non-hydrogen) atoms. The maximum atomic E-state index is 10.9. The zero-order valence-electron chi connectivity index (χ0n) is 5.87. The number of hydrogen-bond acceptors (Lipinski definition) is 3. The molecule has 1 heterocycles. The summed E-state index contributed by atoms with van der Waals surface area (Å²) >= 11 is 6.88. The monoisotopic (exact) mass is 190 g/mol. The molecule has 0 bridgehead atoms. The summed E-state index contributed by atoms with van der Waals surface area (Å²) in [4.78, 5) is 14.8. The minimum atomic E-state index is -0.515. The van der Waals surface area contributed by atoms with Crippen molar-refractivity contribution in [3.05, 3.63) is 11.6 Å². The first kappa shape index (κ1) is 8.49. The predicted octanol–water partition coefficient (Wildman–Crippen LogP) is 1.71. The van der Waals surface area contributed by atoms with Crippen LogP contribution >= 0.6 is 22.9 Å². The molecule has 1 aromatic rings. The van der Waals surface area contributed by atoms with Crippen molar-refractivity contribution in [2.75, 3.05) is 5.32 Å². The van der Waals surface area contributed by atoms with E-state index in [4.69, 9.17) is 11.6 Å². The molecule has 0 saturated carbocycles. The smallest absolute Gasteiger partial charge is 0.243 e. The third-order valence-electron chi connectivity index (χ3n) is 1.02. The highest BCUT2D eigenvalue weighted by Crippen LogP contribution is 2.11. The Kier molecular flexibility index (Phi) is 2.84. The molecular formula is C6H7ClN2OS. The highest BCUT2D eigenvalue weighted by atomic mass is 35.5. The molecule has 0 aromatic carbocycles. The van der Waals surface area contributed by atoms with Crippen molar-refractivity contribution in [3.63, 3.8) is 0 Å². The Balaban J connectivity index is 2.50. The van der Waals surface area contributed by atoms with E-state index in [1.807, 2.05) is 0 Å². The number of amides is 1. The molecule has 60 valence electrons. The minimum Gasteiger partial charge on any atom is -0.301 e. The second kappa shape index (κ2) is 3.69. The van der Waals surface area contributed by atoms with E-state index in [1.54, 1.807) is 18.5 Å². The first-order valence-electron chi connectivity index (χ1n) is 3.04. The molecule has 0 fully saturated rings. The number of hydrogen-bond donors (Lipinski definition) is 1. The van der Waals surface area contributed by atoms with Crippen molar-refractivity contribution >= 4 is 34.0 Å². The lowest BCUT2D eigenvalue weighted by Crippen LogP contribution is -2.19. The number of anilines is 1. The summed E-state index contributed by atoms with van der Waals surface area (Å²) in [5.41, 5.74) is 0. The topological polar surface area (TPSA) is 42.0 Å². The lowest BCUT2D eigenvalue weighted by molar-refractivity contribution is -0.115. The van der Waals surface area contributed by atoms with Gasteiger partial charge >= 0.3 is 0 Å². The number of carbonyl (C=O) groups is 1. The average Bonchev–Trinajstić information content (AvgIpc) is 2.39. The molecule has 1 unspecified atom stereocenters. The van der Waals surface area contributed by atoms with E-state index in [0.29, 0.717) is 5.13 Å². The summed E-state index contributed by atoms with van der Waals surface area (Å²) in [6.45, 7) is 1.62. The Labute approximate surface area is 73.4 Å². The second-order valence-electron chi connectivity index (χ2n) is 1.94. The van der Waals surface area contributed by atoms with Gasteiger partial charge < -0.3 is 5.32 Å². The number of halogens is 1. The van der Waals surface area contributed by atoms with Gasteiger partial charge in [0.05, 0.1) is 0 Å². The highest BCUT2D eigenvalue weighted by Gasteiger charge is 2.09. The van der Waals surface area contributed by atoms with Crippen LogP contribution in [-0.4, -0.2) is 16.3 Å². The number of alkyl halides is 1. The molecule has 1 rings (SSSR count). The van der Waals surface area contributed by atoms with Crippen LogP contribution in [0.5, 0.6) is 0 Å². The van der Waals surface area contributed by atoms with Gasteiger partial charge in [0.25, 0.3) is 0 Å². The summed E-state index contributed by atoms with van der Waals surface area (Å²) < 4.78 is 0. The van der Waals surface area contributed by atoms with E-state index in [0.717, 1.165) is 0 Å². The number of carbonyl (C=O) groups excluding carboxylic acids is 1. The van der Waals surface area contributed by atoms with Crippen LogP contribution in [0.2, 0.25) is 0 Å². The van der Waals surface area contributed by atoms with Gasteiger partial charge in [-0.3, -0.25) is 4.79 Å². The minimum absolute atomic E-state index is 0.221. The van der Waals surface area contributed by atoms with Crippen LogP contribution in [0, 0.1) is 0 Å². The number of nitrogens with one attached hydrogen (secondary N) is 1. The van der Waals surface area contributed by atoms with E-state index in [9.17, 15) is 4.79 Å². The van der Waals surface area contributed by atoms with Crippen LogP contribution < -0.4 is 5.32 Å². The molecule has 0 radical (unpaired) electrons. The van der Waals surface area contributed by atoms with Crippen LogP contribution in [0.3, 0.4) is 0 Å². The molecule has 1 amide bonds. The molecule has 1 atom stereocenters. The lowest BCUT2D eigenvalue weighted by atomic mass is 10.4. The van der Waals surface area contributed by atoms with Crippen molar-refractivity contribution in [3.8, 4) is 0 Å². The van der Waals surface area contributed by atoms with Crippen LogP contribution in [0.1, 0.15) is 6.92 Å². The summed E-state index contributed by atoms with van der Waals surface area (Å²) in [5.74, 6) is -0.221. The highest BCUT2D eigenvalue weighted by molar-refractivity contribution is 7.13. The van der Waals surface area contributed by atoms with Gasteiger partial charge in [-0.1, -0.05) is 0 Å². The third-order valence-corrected chi connectivity index (χ3v) is 1.91. The maximum absolute atomic E-state index is 10.9. The van der Waals surface area contributed by atoms with Crippen molar-refractivity contribution < 1.29 is 4.79 Å². The fraction of sp³-hybridized carbons (Fsp3) is 0.333. The molecule has 0 aliphatic carbocycles. The van der Waals surface area contributed by atoms with Gasteiger partial charge in [0.2, 0.25) is 5.91 Å². The fourth-order valence-corrected chi connectivity index (χ4v) is 1.08. The van der Waals surface area contributed by atoms with E-state index < -0.39 is 5.38 Å². The van der Waals surface area contributed by atoms with Gasteiger partial charge in [0, 0.05) is 11.6 Å². The van der Waals surface area contributed by atoms with Crippen LogP contribution in [0.4, 0.5) is 5.13 Å². The van der Waals surface area contributed by atoms with Gasteiger partial charge in [-0.2, -0.15) is 0 Å². The molecule has 0 spiro atoms. The Morgan fingerprint density at radius 1 is 1.91 bits per heavy atom. The Hall–Kier alpha value is -0.610. The Bertz CT molecular complexity index is 235. The molecule has 0 aliphatic rings. The van der Waals surface area contributed by atoms with Gasteiger partial charge in [-0.15, -0.1) is 22.9 Å². The summed E-state index contributed by atoms with van der Waals surface area (Å²) in [7, 11) is 0. The van der Waals surface area contributed by atoms with Gasteiger partial charge in [0.15, 0.2) is 5.13 Å². The zero-order valence-corrected chi connectivity index (χ0v) is 7.45. The Morgan fingerprint density at radius 3 is 3.09 bits per heavy atom. The zero-order chi connectivity index (χ0) is 8.27. The normalized spacial score (nSPS) is 12.5. The number of aromatic nitrogens is 1. The summed E-state index contributed by atoms with van der Waals surface area (Å²) in [6.07, 6.45) is 1.62. The van der Waals surface area contributed by atoms with E-state index >= 15 is 0 Å². The van der Waals surface area contributed by atoms with Crippen molar-refractivity contribution in [2.24, 2.45) is 0 Å². The maximum Gasteiger partial charge on any atom is 0.243 e. The quantitative estimate of drug-likeness (QED) is 0.722. The van der Waals surface area contributed by atoms with Gasteiger partial charge in [-0.05, 0) is 6.92 Å². The van der Waals surface area contributed by atoms with E-state index in [1.165, 1.54) is 11.3 Å². The molecule has 3 nitrogen and oxygen atoms in total. The molecule has 1 N–H and O–H groups in total. The van der Waals surface area contributed by atoms with Crippen LogP contribution in [0.15, 0.2) is 11.6 Å². The predicted molar refractivity (Wildman–Crippen MR) is 46.1 cm³/mol. The van der Waals surface area contributed by atoms with E-state index in [2.05, 4.69) is 10.3 Å². The lowest BCUT2D eigenvalue weighted by Gasteiger charge is -2.00. The fourth-order valence-electron chi connectivity index (χ4n) is 0.490. The first-order chi connectivity index (χ1) is 5.20. The molecular weight excluding hydrogens is 184 g/mol. The Morgan fingerprint density at radius 2 is 2.64 bits per heavy atom. The number of nitrogens with zero attached hydrogens (tertiary/aromatic N) is 1. The van der Waals surface area contributed by atoms with Gasteiger partial charge in [-0.25, -0.2) is 4.98 Å². The molecule has 0 saturated heterocycles. The van der Waals surface area contributed by atoms with Crippen molar-refractivity contribution in [1.82, 2.24) is 4.98 Å². The molecule has 0 aliphatic heterocycles. The second-order valence-corrected chi connectivity index (χ2v) is 3.49. The van der Waals surface area contributed by atoms with Crippen molar-refractivity contribution in [1.29, 1.82) is 0 Å². The number of thiazole rings is 1. The van der Waals surface area contributed by atoms with Gasteiger partial charge in [0.1, 0.15) is 5.38 Å². The number of rotatable bonds is 2. The average molecular weight is 191 g/mol. The largest absolute Gasteiger partial charge is 0.301 e.